The van der Waals surface area contributed by atoms with E-state index in [2.05, 4.69) is 174 Å². The number of para-hydroxylation sites is 2. The van der Waals surface area contributed by atoms with Crippen LogP contribution in [0.5, 0.6) is 0 Å². The molecular formula is C52H31N3OS. The molecule has 0 saturated carbocycles. The van der Waals surface area contributed by atoms with Gasteiger partial charge in [0.05, 0.1) is 22.4 Å². The Kier molecular flexibility index (Phi) is 7.06. The zero-order valence-corrected chi connectivity index (χ0v) is 31.4. The van der Waals surface area contributed by atoms with Crippen molar-refractivity contribution >= 4 is 75.3 Å². The monoisotopic (exact) mass is 745 g/mol. The van der Waals surface area contributed by atoms with Crippen LogP contribution in [-0.2, 0) is 0 Å². The maximum Gasteiger partial charge on any atom is 0.160 e. The predicted molar refractivity (Wildman–Crippen MR) is 238 cm³/mol. The van der Waals surface area contributed by atoms with Crippen molar-refractivity contribution in [3.8, 4) is 50.7 Å². The van der Waals surface area contributed by atoms with E-state index in [1.807, 2.05) is 29.5 Å². The Labute approximate surface area is 331 Å². The quantitative estimate of drug-likeness (QED) is 0.176. The Bertz CT molecular complexity index is 3520. The van der Waals surface area contributed by atoms with Crippen LogP contribution in [0.25, 0.3) is 115 Å². The van der Waals surface area contributed by atoms with Gasteiger partial charge in [-0.25, -0.2) is 9.97 Å². The molecule has 0 radical (unpaired) electrons. The van der Waals surface area contributed by atoms with Gasteiger partial charge in [0.25, 0.3) is 0 Å². The van der Waals surface area contributed by atoms with Gasteiger partial charge in [-0.1, -0.05) is 109 Å². The number of furan rings is 1. The number of rotatable bonds is 5. The van der Waals surface area contributed by atoms with Crippen LogP contribution in [0.3, 0.4) is 0 Å². The van der Waals surface area contributed by atoms with Crippen molar-refractivity contribution < 1.29 is 4.42 Å². The Balaban J connectivity index is 1.01. The molecular weight excluding hydrogens is 715 g/mol. The Morgan fingerprint density at radius 1 is 0.386 bits per heavy atom. The molecule has 5 heteroatoms. The van der Waals surface area contributed by atoms with Gasteiger partial charge < -0.3 is 8.98 Å². The molecule has 4 aromatic heterocycles. The van der Waals surface area contributed by atoms with Gasteiger partial charge in [-0.2, -0.15) is 0 Å². The lowest BCUT2D eigenvalue weighted by Crippen LogP contribution is -1.96. The van der Waals surface area contributed by atoms with Crippen LogP contribution >= 0.6 is 11.3 Å². The lowest BCUT2D eigenvalue weighted by molar-refractivity contribution is 0.669. The second-order valence-electron chi connectivity index (χ2n) is 14.6. The lowest BCUT2D eigenvalue weighted by Gasteiger charge is -2.11. The van der Waals surface area contributed by atoms with E-state index < -0.39 is 0 Å². The van der Waals surface area contributed by atoms with E-state index in [9.17, 15) is 0 Å². The van der Waals surface area contributed by atoms with Gasteiger partial charge in [-0.05, 0) is 90.0 Å². The molecule has 266 valence electrons. The fourth-order valence-corrected chi connectivity index (χ4v) is 9.68. The number of nitrogens with zero attached hydrogens (tertiary/aromatic N) is 3. The van der Waals surface area contributed by atoms with Crippen LogP contribution in [-0.4, -0.2) is 14.5 Å². The van der Waals surface area contributed by atoms with Gasteiger partial charge in [0, 0.05) is 64.1 Å². The minimum absolute atomic E-state index is 0.687. The topological polar surface area (TPSA) is 43.9 Å². The van der Waals surface area contributed by atoms with Gasteiger partial charge in [0.1, 0.15) is 11.2 Å². The third kappa shape index (κ3) is 5.13. The molecule has 0 unspecified atom stereocenters. The molecule has 0 N–H and O–H groups in total. The van der Waals surface area contributed by atoms with Gasteiger partial charge in [-0.3, -0.25) is 0 Å². The van der Waals surface area contributed by atoms with Crippen molar-refractivity contribution in [2.45, 2.75) is 0 Å². The van der Waals surface area contributed by atoms with E-state index in [1.165, 1.54) is 42.0 Å². The molecule has 0 amide bonds. The minimum Gasteiger partial charge on any atom is -0.456 e. The molecule has 0 atom stereocenters. The van der Waals surface area contributed by atoms with Crippen LogP contribution in [0.1, 0.15) is 0 Å². The Hall–Kier alpha value is -7.34. The SMILES string of the molecule is c1ccc(-c2nc(-c3cccc(-c4ccc5c(c4)c4ccccc4n5-c4ccccc4)c3)cc(-c3ccc4oc5ccc6sc7ccccc7c6c5c4c3)n2)cc1. The molecule has 4 heterocycles. The lowest BCUT2D eigenvalue weighted by atomic mass is 9.98. The second-order valence-corrected chi connectivity index (χ2v) is 15.6. The summed E-state index contributed by atoms with van der Waals surface area (Å²) in [5.74, 6) is 0.687. The maximum absolute atomic E-state index is 6.46. The molecule has 4 nitrogen and oxygen atoms in total. The first-order valence-corrected chi connectivity index (χ1v) is 20.0. The molecule has 0 spiro atoms. The van der Waals surface area contributed by atoms with Crippen molar-refractivity contribution in [3.63, 3.8) is 0 Å². The highest BCUT2D eigenvalue weighted by molar-refractivity contribution is 7.26. The van der Waals surface area contributed by atoms with E-state index in [4.69, 9.17) is 14.4 Å². The summed E-state index contributed by atoms with van der Waals surface area (Å²) in [5, 5.41) is 7.20. The summed E-state index contributed by atoms with van der Waals surface area (Å²) in [6.45, 7) is 0. The number of hydrogen-bond acceptors (Lipinski definition) is 4. The minimum atomic E-state index is 0.687. The van der Waals surface area contributed by atoms with Crippen molar-refractivity contribution in [1.29, 1.82) is 0 Å². The van der Waals surface area contributed by atoms with Crippen molar-refractivity contribution in [1.82, 2.24) is 14.5 Å². The zero-order chi connectivity index (χ0) is 37.5. The maximum atomic E-state index is 6.46. The van der Waals surface area contributed by atoms with Crippen LogP contribution < -0.4 is 0 Å². The normalized spacial score (nSPS) is 11.9. The molecule has 12 aromatic rings. The Morgan fingerprint density at radius 3 is 1.88 bits per heavy atom. The first-order valence-electron chi connectivity index (χ1n) is 19.1. The molecule has 0 saturated heterocycles. The summed E-state index contributed by atoms with van der Waals surface area (Å²) in [6.07, 6.45) is 0. The average molecular weight is 746 g/mol. The zero-order valence-electron chi connectivity index (χ0n) is 30.6. The molecule has 8 aromatic carbocycles. The van der Waals surface area contributed by atoms with Gasteiger partial charge in [-0.15, -0.1) is 11.3 Å². The molecule has 0 fully saturated rings. The van der Waals surface area contributed by atoms with Crippen molar-refractivity contribution in [3.05, 3.63) is 188 Å². The third-order valence-electron chi connectivity index (χ3n) is 11.2. The van der Waals surface area contributed by atoms with Crippen LogP contribution in [0, 0.1) is 0 Å². The summed E-state index contributed by atoms with van der Waals surface area (Å²) in [5.41, 5.74) is 12.3. The van der Waals surface area contributed by atoms with E-state index in [-0.39, 0.29) is 0 Å². The molecule has 57 heavy (non-hydrogen) atoms. The van der Waals surface area contributed by atoms with Crippen LogP contribution in [0.2, 0.25) is 0 Å². The molecule has 0 aliphatic carbocycles. The van der Waals surface area contributed by atoms with Crippen molar-refractivity contribution in [2.75, 3.05) is 0 Å². The average Bonchev–Trinajstić information content (AvgIpc) is 3.96. The predicted octanol–water partition coefficient (Wildman–Crippen LogP) is 14.5. The number of benzene rings is 8. The fourth-order valence-electron chi connectivity index (χ4n) is 8.57. The van der Waals surface area contributed by atoms with E-state index in [0.717, 1.165) is 66.8 Å². The van der Waals surface area contributed by atoms with Crippen molar-refractivity contribution in [2.24, 2.45) is 0 Å². The molecule has 0 aliphatic rings. The number of hydrogen-bond donors (Lipinski definition) is 0. The first kappa shape index (κ1) is 32.0. The molecule has 0 bridgehead atoms. The van der Waals surface area contributed by atoms with Gasteiger partial charge in [0.2, 0.25) is 0 Å². The largest absolute Gasteiger partial charge is 0.456 e. The highest BCUT2D eigenvalue weighted by atomic mass is 32.1. The van der Waals surface area contributed by atoms with E-state index in [0.29, 0.717) is 5.82 Å². The second kappa shape index (κ2) is 12.6. The summed E-state index contributed by atoms with van der Waals surface area (Å²) >= 11 is 1.83. The first-order chi connectivity index (χ1) is 28.2. The third-order valence-corrected chi connectivity index (χ3v) is 12.3. The number of thiophene rings is 1. The summed E-state index contributed by atoms with van der Waals surface area (Å²) in [4.78, 5) is 10.4. The van der Waals surface area contributed by atoms with E-state index in [1.54, 1.807) is 0 Å². The number of aromatic nitrogens is 3. The summed E-state index contributed by atoms with van der Waals surface area (Å²) < 4.78 is 11.3. The highest BCUT2D eigenvalue weighted by Gasteiger charge is 2.18. The van der Waals surface area contributed by atoms with Gasteiger partial charge >= 0.3 is 0 Å². The van der Waals surface area contributed by atoms with Crippen LogP contribution in [0.4, 0.5) is 0 Å². The van der Waals surface area contributed by atoms with Gasteiger partial charge in [0.15, 0.2) is 5.82 Å². The van der Waals surface area contributed by atoms with Crippen LogP contribution in [0.15, 0.2) is 192 Å². The molecule has 0 aliphatic heterocycles. The smallest absolute Gasteiger partial charge is 0.160 e. The number of fused-ring (bicyclic) bond motifs is 10. The van der Waals surface area contributed by atoms with E-state index >= 15 is 0 Å². The molecule has 12 rings (SSSR count). The Morgan fingerprint density at radius 2 is 1.02 bits per heavy atom. The summed E-state index contributed by atoms with van der Waals surface area (Å²) in [6, 6.07) is 66.6. The summed E-state index contributed by atoms with van der Waals surface area (Å²) in [7, 11) is 0. The fraction of sp³-hybridized carbons (Fsp3) is 0. The standard InChI is InChI=1S/C52H31N3OS/c1-3-12-32(13-4-1)52-53-42(31-43(54-52)36-23-25-46-41(30-36)50-47(56-46)26-27-49-51(50)39-19-8-10-21-48(39)57-49)35-15-11-14-33(28-35)34-22-24-45-40(29-34)38-18-7-9-20-44(38)55(45)37-16-5-2-6-17-37/h1-31H. The highest BCUT2D eigenvalue weighted by Crippen LogP contribution is 2.43.